The van der Waals surface area contributed by atoms with Gasteiger partial charge in [0.2, 0.25) is 0 Å². The molecule has 674 valence electrons. The van der Waals surface area contributed by atoms with Crippen LogP contribution in [0.2, 0.25) is 0 Å². The van der Waals surface area contributed by atoms with E-state index in [0.29, 0.717) is 79.5 Å². The van der Waals surface area contributed by atoms with E-state index in [9.17, 15) is 21.0 Å². The van der Waals surface area contributed by atoms with Crippen LogP contribution in [0, 0.1) is 45.3 Å². The minimum Gasteiger partial charge on any atom is -0.308 e. The molecule has 0 atom stereocenters. The van der Waals surface area contributed by atoms with Crippen molar-refractivity contribution in [3.63, 3.8) is 0 Å². The van der Waals surface area contributed by atoms with Crippen LogP contribution in [-0.4, -0.2) is 48.2 Å². The van der Waals surface area contributed by atoms with Crippen LogP contribution in [-0.2, 0) is 21.7 Å². The Balaban J connectivity index is 0.561. The number of aromatic nitrogens is 10. The van der Waals surface area contributed by atoms with Crippen molar-refractivity contribution >= 4 is 87.2 Å². The first-order chi connectivity index (χ1) is 70.2. The number of nitriles is 4. The Bertz CT molecular complexity index is 10100. The lowest BCUT2D eigenvalue weighted by Gasteiger charge is -2.23. The Morgan fingerprint density at radius 2 is 0.486 bits per heavy atom. The highest BCUT2D eigenvalue weighted by atomic mass is 15.1. The van der Waals surface area contributed by atoms with Gasteiger partial charge in [-0.25, -0.2) is 29.9 Å². The van der Waals surface area contributed by atoms with Crippen LogP contribution in [0.4, 0.5) is 0 Å². The summed E-state index contributed by atoms with van der Waals surface area (Å²) in [5.41, 5.74) is 37.3. The van der Waals surface area contributed by atoms with Gasteiger partial charge in [-0.1, -0.05) is 274 Å². The summed E-state index contributed by atoms with van der Waals surface area (Å²) in [6, 6.07) is 138. The van der Waals surface area contributed by atoms with E-state index in [-0.39, 0.29) is 10.8 Å². The van der Waals surface area contributed by atoms with Gasteiger partial charge in [-0.05, 0) is 246 Å². The van der Waals surface area contributed by atoms with Crippen LogP contribution in [0.5, 0.6) is 0 Å². The van der Waals surface area contributed by atoms with Gasteiger partial charge in [0.1, 0.15) is 0 Å². The summed E-state index contributed by atoms with van der Waals surface area (Å²) in [6.07, 6.45) is 0. The zero-order valence-electron chi connectivity index (χ0n) is 79.9. The molecule has 0 saturated heterocycles. The van der Waals surface area contributed by atoms with Crippen molar-refractivity contribution < 1.29 is 0 Å². The standard InChI is InChI=1S/C130H84N14/c1-127(2)99-37-21-16-32-82(99)91-67-115-93(65-103(91)127)84-33-17-23-39-105(84)143(115)111-55-45-75(71-133)61-97(111)125-137-122(78-29-13-10-14-30-78)138-126(140-125)98-62-76(72-134)46-56-112(98)144-106-40-24-18-34-85(106)94-66-104-92(68-116(94)144)83-49-47-80(64-102(83)128(104,3)4)79-48-52-101-90(63-79)87-51-58-114-118(120(87)130(101,7)8)89-36-20-26-42-108(89)142(114)110-54-44-74(70-132)60-96(110)124-136-121(77-27-11-9-12-28-77)135-123(139-124)95-59-73(69-131)43-53-109(95)141-107-41-25-19-35-88(107)117-113(141)57-50-86-81-31-15-22-38-100(81)129(5,6)119(86)117/h9-68H,1-8H3. The third kappa shape index (κ3) is 11.8. The lowest BCUT2D eigenvalue weighted by molar-refractivity contribution is 0.661. The molecule has 144 heavy (non-hydrogen) atoms. The van der Waals surface area contributed by atoms with Crippen LogP contribution < -0.4 is 0 Å². The fourth-order valence-corrected chi connectivity index (χ4v) is 25.1. The summed E-state index contributed by atoms with van der Waals surface area (Å²) in [7, 11) is 0. The number of rotatable bonds is 11. The van der Waals surface area contributed by atoms with Gasteiger partial charge < -0.3 is 18.3 Å². The van der Waals surface area contributed by atoms with E-state index < -0.39 is 10.8 Å². The maximum Gasteiger partial charge on any atom is 0.166 e. The Hall–Kier alpha value is -18.9. The second kappa shape index (κ2) is 30.3. The molecule has 0 bridgehead atoms. The van der Waals surface area contributed by atoms with Crippen molar-refractivity contribution in [2.45, 2.75) is 77.0 Å². The maximum atomic E-state index is 11.0. The van der Waals surface area contributed by atoms with Crippen LogP contribution in [0.3, 0.4) is 0 Å². The van der Waals surface area contributed by atoms with Gasteiger partial charge >= 0.3 is 0 Å². The minimum atomic E-state index is -0.476. The Kier molecular flexibility index (Phi) is 17.5. The van der Waals surface area contributed by atoms with Crippen molar-refractivity contribution in [3.05, 3.63) is 431 Å². The predicted octanol–water partition coefficient (Wildman–Crippen LogP) is 30.8. The van der Waals surface area contributed by atoms with E-state index in [1.54, 1.807) is 0 Å². The van der Waals surface area contributed by atoms with Crippen molar-refractivity contribution in [2.75, 3.05) is 0 Å². The summed E-state index contributed by atoms with van der Waals surface area (Å²) in [4.78, 5) is 33.0. The van der Waals surface area contributed by atoms with Crippen LogP contribution in [0.15, 0.2) is 364 Å². The number of benzene rings is 18. The first kappa shape index (κ1) is 83.3. The summed E-state index contributed by atoms with van der Waals surface area (Å²) >= 11 is 0. The normalized spacial score (nSPS) is 13.9. The number of nitrogens with zero attached hydrogens (tertiary/aromatic N) is 14. The van der Waals surface area contributed by atoms with Gasteiger partial charge in [0.05, 0.1) is 113 Å². The largest absolute Gasteiger partial charge is 0.308 e. The average molecular weight is 1840 g/mol. The third-order valence-electron chi connectivity index (χ3n) is 31.7. The molecule has 0 spiro atoms. The molecule has 0 unspecified atom stereocenters. The summed E-state index contributed by atoms with van der Waals surface area (Å²) in [6.45, 7) is 18.7. The van der Waals surface area contributed by atoms with Gasteiger partial charge in [0, 0.05) is 98.1 Å². The summed E-state index contributed by atoms with van der Waals surface area (Å²) in [5, 5.41) is 52.7. The van der Waals surface area contributed by atoms with Gasteiger partial charge in [0.15, 0.2) is 34.9 Å². The first-order valence-corrected chi connectivity index (χ1v) is 48.9. The second-order valence-electron chi connectivity index (χ2n) is 40.8. The Morgan fingerprint density at radius 3 is 0.910 bits per heavy atom. The molecule has 0 N–H and O–H groups in total. The topological polar surface area (TPSA) is 192 Å². The maximum absolute atomic E-state index is 11.0. The van der Waals surface area contributed by atoms with E-state index in [0.717, 1.165) is 138 Å². The fourth-order valence-electron chi connectivity index (χ4n) is 25.1. The first-order valence-electron chi connectivity index (χ1n) is 48.9. The molecule has 0 amide bonds. The van der Waals surface area contributed by atoms with Crippen LogP contribution in [0.25, 0.3) is 234 Å². The Morgan fingerprint density at radius 1 is 0.188 bits per heavy atom. The molecule has 6 aromatic heterocycles. The third-order valence-corrected chi connectivity index (χ3v) is 31.7. The van der Waals surface area contributed by atoms with Crippen LogP contribution >= 0.6 is 0 Å². The molecule has 18 aromatic carbocycles. The fraction of sp³-hybridized carbons (Fsp3) is 0.0923. The molecule has 0 aliphatic heterocycles. The van der Waals surface area contributed by atoms with Gasteiger partial charge in [-0.3, -0.25) is 0 Å². The SMILES string of the molecule is CC1(C)c2ccccc2-c2cc3c(cc21)c1ccccc1n3-c1ccc(C#N)cc1-c1nc(-c2ccccc2)nc(-c2cc(C#N)ccc2-n2c3ccccc3c3cc4c(cc32)-c2ccc(-c3ccc5c(c3)-c3ccc6c(c3C5(C)C)c3ccccc3n6-c3ccc(C#N)cc3-c3nc(-c5ccccc5)nc(-c5cc(C#N)ccc5-n5c6ccccc6c6c7c(ccc65)-c5ccccc5C7(C)C)n3)cc2C4(C)C)n1. The Labute approximate surface area is 829 Å². The molecular formula is C130H84N14. The van der Waals surface area contributed by atoms with Crippen molar-refractivity contribution in [1.29, 1.82) is 21.0 Å². The minimum absolute atomic E-state index is 0.229. The lowest BCUT2D eigenvalue weighted by atomic mass is 9.80. The van der Waals surface area contributed by atoms with Gasteiger partial charge in [-0.2, -0.15) is 21.0 Å². The molecule has 28 rings (SSSR count). The van der Waals surface area contributed by atoms with Crippen LogP contribution in [0.1, 0.15) is 122 Å². The molecule has 0 saturated carbocycles. The zero-order valence-corrected chi connectivity index (χ0v) is 79.9. The van der Waals surface area contributed by atoms with E-state index in [1.807, 2.05) is 133 Å². The molecule has 14 nitrogen and oxygen atoms in total. The molecule has 6 heterocycles. The van der Waals surface area contributed by atoms with Crippen molar-refractivity contribution in [2.24, 2.45) is 0 Å². The molecule has 0 radical (unpaired) electrons. The highest BCUT2D eigenvalue weighted by molar-refractivity contribution is 6.19. The monoisotopic (exact) mass is 1840 g/mol. The van der Waals surface area contributed by atoms with Crippen molar-refractivity contribution in [1.82, 2.24) is 48.2 Å². The number of para-hydroxylation sites is 4. The molecule has 0 fully saturated rings. The molecular weight excluding hydrogens is 1760 g/mol. The van der Waals surface area contributed by atoms with E-state index in [4.69, 9.17) is 29.9 Å². The smallest absolute Gasteiger partial charge is 0.166 e. The number of hydrogen-bond donors (Lipinski definition) is 0. The second-order valence-corrected chi connectivity index (χ2v) is 40.8. The van der Waals surface area contributed by atoms with Gasteiger partial charge in [-0.15, -0.1) is 0 Å². The molecule has 14 heteroatoms. The average Bonchev–Trinajstić information content (AvgIpc) is 1.46. The van der Waals surface area contributed by atoms with E-state index in [1.165, 1.54) is 83.3 Å². The van der Waals surface area contributed by atoms with Gasteiger partial charge in [0.25, 0.3) is 0 Å². The quantitative estimate of drug-likeness (QED) is 0.120. The van der Waals surface area contributed by atoms with E-state index >= 15 is 0 Å². The molecule has 4 aliphatic rings. The summed E-state index contributed by atoms with van der Waals surface area (Å²) < 4.78 is 9.27. The number of fused-ring (bicyclic) bond motifs is 26. The summed E-state index contributed by atoms with van der Waals surface area (Å²) in [5.74, 6) is 2.31. The molecule has 4 aliphatic carbocycles. The predicted molar refractivity (Wildman–Crippen MR) is 578 cm³/mol. The zero-order chi connectivity index (χ0) is 97.0. The number of hydrogen-bond acceptors (Lipinski definition) is 10. The van der Waals surface area contributed by atoms with Crippen molar-refractivity contribution in [3.8, 4) is 171 Å². The highest BCUT2D eigenvalue weighted by Gasteiger charge is 2.44. The highest BCUT2D eigenvalue weighted by Crippen LogP contribution is 2.60. The van der Waals surface area contributed by atoms with E-state index in [2.05, 4.69) is 328 Å². The molecule has 24 aromatic rings. The lowest BCUT2D eigenvalue weighted by Crippen LogP contribution is -2.15.